The highest BCUT2D eigenvalue weighted by molar-refractivity contribution is 5.73. The number of nitrogens with one attached hydrogen (secondary N) is 1. The van der Waals surface area contributed by atoms with Gasteiger partial charge in [-0.2, -0.15) is 0 Å². The Morgan fingerprint density at radius 3 is 3.12 bits per heavy atom. The number of benzene rings is 1. The highest BCUT2D eigenvalue weighted by Gasteiger charge is 2.19. The van der Waals surface area contributed by atoms with Crippen molar-refractivity contribution in [2.75, 3.05) is 13.2 Å². The number of amides is 1. The summed E-state index contributed by atoms with van der Waals surface area (Å²) in [6, 6.07) is 8.25. The van der Waals surface area contributed by atoms with Gasteiger partial charge >= 0.3 is 0 Å². The maximum Gasteiger partial charge on any atom is 0.218 e. The predicted molar refractivity (Wildman–Crippen MR) is 61.1 cm³/mol. The molecule has 0 bridgehead atoms. The average molecular weight is 220 g/mol. The molecule has 86 valence electrons. The Bertz CT molecular complexity index is 379. The van der Waals surface area contributed by atoms with Crippen LogP contribution in [0.5, 0.6) is 5.75 Å². The van der Waals surface area contributed by atoms with Gasteiger partial charge in [0.05, 0.1) is 6.61 Å². The van der Waals surface area contributed by atoms with E-state index in [2.05, 4.69) is 11.4 Å². The molecule has 0 radical (unpaired) electrons. The van der Waals surface area contributed by atoms with E-state index in [4.69, 9.17) is 10.5 Å². The fraction of sp³-hybridized carbons (Fsp3) is 0.417. The number of primary amides is 1. The zero-order chi connectivity index (χ0) is 11.4. The standard InChI is InChI=1S/C12H16N2O2/c13-12(15)5-7-14-10-6-8-16-11-4-2-1-3-9(10)11/h1-4,10,14H,5-8H2,(H2,13,15)/t10-/m0/s1. The lowest BCUT2D eigenvalue weighted by atomic mass is 10.0. The lowest BCUT2D eigenvalue weighted by molar-refractivity contribution is -0.117. The summed E-state index contributed by atoms with van der Waals surface area (Å²) >= 11 is 0. The Labute approximate surface area is 94.8 Å². The molecule has 0 spiro atoms. The summed E-state index contributed by atoms with van der Waals surface area (Å²) in [6.07, 6.45) is 1.30. The molecule has 1 aromatic carbocycles. The molecule has 1 aliphatic rings. The molecule has 1 aliphatic heterocycles. The van der Waals surface area contributed by atoms with Crippen LogP contribution in [-0.2, 0) is 4.79 Å². The minimum Gasteiger partial charge on any atom is -0.493 e. The molecule has 0 aliphatic carbocycles. The Balaban J connectivity index is 1.99. The van der Waals surface area contributed by atoms with Gasteiger partial charge in [0.1, 0.15) is 5.75 Å². The van der Waals surface area contributed by atoms with E-state index in [0.717, 1.165) is 12.2 Å². The van der Waals surface area contributed by atoms with Crippen molar-refractivity contribution in [3.63, 3.8) is 0 Å². The molecule has 0 saturated carbocycles. The first-order chi connectivity index (χ1) is 7.77. The van der Waals surface area contributed by atoms with Crippen LogP contribution in [0.1, 0.15) is 24.4 Å². The van der Waals surface area contributed by atoms with Crippen molar-refractivity contribution in [2.45, 2.75) is 18.9 Å². The maximum atomic E-state index is 10.6. The molecule has 3 N–H and O–H groups in total. The normalized spacial score (nSPS) is 18.6. The van der Waals surface area contributed by atoms with Crippen molar-refractivity contribution in [3.8, 4) is 5.75 Å². The minimum atomic E-state index is -0.271. The van der Waals surface area contributed by atoms with Crippen LogP contribution in [0, 0.1) is 0 Å². The second-order valence-electron chi connectivity index (χ2n) is 3.90. The number of carbonyl (C=O) groups excluding carboxylic acids is 1. The summed E-state index contributed by atoms with van der Waals surface area (Å²) in [5.41, 5.74) is 6.26. The van der Waals surface area contributed by atoms with Gasteiger partial charge in [-0.05, 0) is 6.07 Å². The van der Waals surface area contributed by atoms with E-state index in [1.165, 1.54) is 5.56 Å². The van der Waals surface area contributed by atoms with Gasteiger partial charge in [-0.1, -0.05) is 18.2 Å². The molecular formula is C12H16N2O2. The van der Waals surface area contributed by atoms with Crippen molar-refractivity contribution >= 4 is 5.91 Å². The van der Waals surface area contributed by atoms with E-state index < -0.39 is 0 Å². The van der Waals surface area contributed by atoms with E-state index in [1.807, 2.05) is 18.2 Å². The SMILES string of the molecule is NC(=O)CCN[C@H]1CCOc2ccccc21. The molecule has 2 rings (SSSR count). The van der Waals surface area contributed by atoms with Gasteiger partial charge in [-0.25, -0.2) is 0 Å². The Morgan fingerprint density at radius 2 is 2.31 bits per heavy atom. The Kier molecular flexibility index (Phi) is 3.41. The molecule has 1 heterocycles. The van der Waals surface area contributed by atoms with E-state index in [9.17, 15) is 4.79 Å². The molecule has 0 unspecified atom stereocenters. The van der Waals surface area contributed by atoms with E-state index in [-0.39, 0.29) is 11.9 Å². The molecule has 0 saturated heterocycles. The largest absolute Gasteiger partial charge is 0.493 e. The molecule has 4 heteroatoms. The van der Waals surface area contributed by atoms with Gasteiger partial charge in [-0.15, -0.1) is 0 Å². The van der Waals surface area contributed by atoms with Crippen LogP contribution in [0.4, 0.5) is 0 Å². The second-order valence-corrected chi connectivity index (χ2v) is 3.90. The fourth-order valence-corrected chi connectivity index (χ4v) is 1.92. The van der Waals surface area contributed by atoms with Crippen LogP contribution >= 0.6 is 0 Å². The minimum absolute atomic E-state index is 0.268. The highest BCUT2D eigenvalue weighted by atomic mass is 16.5. The van der Waals surface area contributed by atoms with Crippen molar-refractivity contribution in [3.05, 3.63) is 29.8 Å². The molecule has 1 aromatic rings. The van der Waals surface area contributed by atoms with Crippen LogP contribution < -0.4 is 15.8 Å². The number of carbonyl (C=O) groups is 1. The van der Waals surface area contributed by atoms with Gasteiger partial charge in [0, 0.05) is 31.0 Å². The third-order valence-electron chi connectivity index (χ3n) is 2.72. The van der Waals surface area contributed by atoms with Crippen LogP contribution in [0.2, 0.25) is 0 Å². The lowest BCUT2D eigenvalue weighted by Crippen LogP contribution is -2.29. The van der Waals surface area contributed by atoms with Crippen LogP contribution in [0.3, 0.4) is 0 Å². The van der Waals surface area contributed by atoms with Gasteiger partial charge in [0.25, 0.3) is 0 Å². The lowest BCUT2D eigenvalue weighted by Gasteiger charge is -2.26. The summed E-state index contributed by atoms with van der Waals surface area (Å²) in [5.74, 6) is 0.665. The summed E-state index contributed by atoms with van der Waals surface area (Å²) < 4.78 is 5.55. The summed E-state index contributed by atoms with van der Waals surface area (Å²) in [5, 5.41) is 3.33. The third kappa shape index (κ3) is 2.52. The van der Waals surface area contributed by atoms with Crippen molar-refractivity contribution in [1.82, 2.24) is 5.32 Å². The number of fused-ring (bicyclic) bond motifs is 1. The van der Waals surface area contributed by atoms with Gasteiger partial charge in [0.2, 0.25) is 5.91 Å². The van der Waals surface area contributed by atoms with Crippen LogP contribution in [-0.4, -0.2) is 19.1 Å². The number of hydrogen-bond acceptors (Lipinski definition) is 3. The average Bonchev–Trinajstić information content (AvgIpc) is 2.29. The first-order valence-electron chi connectivity index (χ1n) is 5.51. The molecular weight excluding hydrogens is 204 g/mol. The van der Waals surface area contributed by atoms with E-state index >= 15 is 0 Å². The van der Waals surface area contributed by atoms with E-state index in [0.29, 0.717) is 19.6 Å². The van der Waals surface area contributed by atoms with E-state index in [1.54, 1.807) is 0 Å². The quantitative estimate of drug-likeness (QED) is 0.794. The van der Waals surface area contributed by atoms with Crippen LogP contribution in [0.25, 0.3) is 0 Å². The molecule has 1 atom stereocenters. The summed E-state index contributed by atoms with van der Waals surface area (Å²) in [6.45, 7) is 1.33. The molecule has 4 nitrogen and oxygen atoms in total. The number of ether oxygens (including phenoxy) is 1. The van der Waals surface area contributed by atoms with Crippen molar-refractivity contribution in [2.24, 2.45) is 5.73 Å². The molecule has 0 aromatic heterocycles. The zero-order valence-corrected chi connectivity index (χ0v) is 9.11. The van der Waals surface area contributed by atoms with Gasteiger partial charge in [0.15, 0.2) is 0 Å². The predicted octanol–water partition coefficient (Wildman–Crippen LogP) is 0.975. The Morgan fingerprint density at radius 1 is 1.50 bits per heavy atom. The number of rotatable bonds is 4. The third-order valence-corrected chi connectivity index (χ3v) is 2.72. The van der Waals surface area contributed by atoms with Crippen LogP contribution in [0.15, 0.2) is 24.3 Å². The highest BCUT2D eigenvalue weighted by Crippen LogP contribution is 2.31. The molecule has 0 fully saturated rings. The zero-order valence-electron chi connectivity index (χ0n) is 9.11. The smallest absolute Gasteiger partial charge is 0.218 e. The molecule has 1 amide bonds. The van der Waals surface area contributed by atoms with Crippen molar-refractivity contribution < 1.29 is 9.53 Å². The maximum absolute atomic E-state index is 10.6. The number of nitrogens with two attached hydrogens (primary N) is 1. The summed E-state index contributed by atoms with van der Waals surface area (Å²) in [4.78, 5) is 10.6. The number of para-hydroxylation sites is 1. The Hall–Kier alpha value is -1.55. The fourth-order valence-electron chi connectivity index (χ4n) is 1.92. The molecule has 16 heavy (non-hydrogen) atoms. The van der Waals surface area contributed by atoms with Crippen molar-refractivity contribution in [1.29, 1.82) is 0 Å². The topological polar surface area (TPSA) is 64.4 Å². The first-order valence-corrected chi connectivity index (χ1v) is 5.51. The number of hydrogen-bond donors (Lipinski definition) is 2. The van der Waals surface area contributed by atoms with Gasteiger partial charge < -0.3 is 15.8 Å². The second kappa shape index (κ2) is 4.99. The first kappa shape index (κ1) is 11.0. The van der Waals surface area contributed by atoms with Gasteiger partial charge in [-0.3, -0.25) is 4.79 Å². The summed E-state index contributed by atoms with van der Waals surface area (Å²) in [7, 11) is 0. The monoisotopic (exact) mass is 220 g/mol.